The van der Waals surface area contributed by atoms with Crippen LogP contribution in [0.1, 0.15) is 59.6 Å². The minimum absolute atomic E-state index is 0.215. The molecule has 1 aromatic heterocycles. The summed E-state index contributed by atoms with van der Waals surface area (Å²) >= 11 is 0. The second-order valence-corrected chi connectivity index (χ2v) is 6.41. The molecule has 0 saturated carbocycles. The molecule has 5 nitrogen and oxygen atoms in total. The molecule has 6 heteroatoms. The van der Waals surface area contributed by atoms with E-state index in [9.17, 15) is 14.3 Å². The molecular formula is C18H22FN3O2. The Balaban J connectivity index is 1.60. The number of hydrogen-bond donors (Lipinski definition) is 3. The number of aromatic nitrogens is 2. The van der Waals surface area contributed by atoms with Crippen LogP contribution in [0, 0.1) is 5.82 Å². The molecule has 2 aromatic rings. The quantitative estimate of drug-likeness (QED) is 0.788. The molecule has 0 saturated heterocycles. The number of nitrogens with zero attached hydrogens (tertiary/aromatic N) is 1. The molecule has 24 heavy (non-hydrogen) atoms. The van der Waals surface area contributed by atoms with E-state index in [4.69, 9.17) is 0 Å². The number of carbonyl (C=O) groups excluding carboxylic acids is 1. The number of rotatable bonds is 5. The molecule has 1 amide bonds. The van der Waals surface area contributed by atoms with Gasteiger partial charge in [-0.2, -0.15) is 5.10 Å². The van der Waals surface area contributed by atoms with Crippen LogP contribution in [0.25, 0.3) is 0 Å². The summed E-state index contributed by atoms with van der Waals surface area (Å²) in [4.78, 5) is 12.4. The molecule has 0 bridgehead atoms. The number of benzene rings is 1. The molecule has 1 aromatic carbocycles. The van der Waals surface area contributed by atoms with E-state index in [1.807, 2.05) is 6.92 Å². The SMILES string of the molecule is CC(CC(O)c1ccc(F)cc1)NC(=O)c1n[nH]c2c1CCCC2. The minimum Gasteiger partial charge on any atom is -0.388 e. The Morgan fingerprint density at radius 1 is 1.33 bits per heavy atom. The Hall–Kier alpha value is -2.21. The molecule has 3 N–H and O–H groups in total. The molecule has 2 atom stereocenters. The number of fused-ring (bicyclic) bond motifs is 1. The first-order chi connectivity index (χ1) is 11.5. The Bertz CT molecular complexity index is 712. The van der Waals surface area contributed by atoms with Crippen LogP contribution in [-0.4, -0.2) is 27.3 Å². The Morgan fingerprint density at radius 3 is 2.79 bits per heavy atom. The summed E-state index contributed by atoms with van der Waals surface area (Å²) in [5.74, 6) is -0.552. The van der Waals surface area contributed by atoms with Crippen LogP contribution in [0.5, 0.6) is 0 Å². The number of hydrogen-bond acceptors (Lipinski definition) is 3. The van der Waals surface area contributed by atoms with E-state index in [0.29, 0.717) is 17.7 Å². The lowest BCUT2D eigenvalue weighted by atomic mass is 9.95. The summed E-state index contributed by atoms with van der Waals surface area (Å²) in [6, 6.07) is 5.51. The van der Waals surface area contributed by atoms with Crippen molar-refractivity contribution < 1.29 is 14.3 Å². The van der Waals surface area contributed by atoms with Crippen molar-refractivity contribution in [2.45, 2.75) is 51.2 Å². The van der Waals surface area contributed by atoms with E-state index in [-0.39, 0.29) is 17.8 Å². The highest BCUT2D eigenvalue weighted by atomic mass is 19.1. The maximum atomic E-state index is 12.9. The number of aliphatic hydroxyl groups excluding tert-OH is 1. The van der Waals surface area contributed by atoms with E-state index >= 15 is 0 Å². The van der Waals surface area contributed by atoms with E-state index in [1.165, 1.54) is 12.1 Å². The summed E-state index contributed by atoms with van der Waals surface area (Å²) in [5, 5.41) is 20.2. The van der Waals surface area contributed by atoms with Gasteiger partial charge in [0.1, 0.15) is 5.82 Å². The van der Waals surface area contributed by atoms with Crippen molar-refractivity contribution in [1.29, 1.82) is 0 Å². The van der Waals surface area contributed by atoms with Crippen molar-refractivity contribution in [3.63, 3.8) is 0 Å². The number of H-pyrrole nitrogens is 1. The zero-order chi connectivity index (χ0) is 17.1. The molecule has 2 unspecified atom stereocenters. The van der Waals surface area contributed by atoms with Gasteiger partial charge in [-0.25, -0.2) is 4.39 Å². The van der Waals surface area contributed by atoms with Crippen molar-refractivity contribution in [2.24, 2.45) is 0 Å². The molecule has 128 valence electrons. The van der Waals surface area contributed by atoms with Gasteiger partial charge in [-0.3, -0.25) is 9.89 Å². The first-order valence-electron chi connectivity index (χ1n) is 8.35. The summed E-state index contributed by atoms with van der Waals surface area (Å²) < 4.78 is 12.9. The second kappa shape index (κ2) is 7.13. The van der Waals surface area contributed by atoms with E-state index in [1.54, 1.807) is 12.1 Å². The van der Waals surface area contributed by atoms with Crippen molar-refractivity contribution in [3.8, 4) is 0 Å². The van der Waals surface area contributed by atoms with Crippen LogP contribution in [0.4, 0.5) is 4.39 Å². The summed E-state index contributed by atoms with van der Waals surface area (Å²) in [5.41, 5.74) is 3.18. The maximum absolute atomic E-state index is 12.9. The molecule has 1 heterocycles. The molecule has 3 rings (SSSR count). The normalized spacial score (nSPS) is 16.3. The molecule has 1 aliphatic rings. The predicted octanol–water partition coefficient (Wildman–Crippen LogP) is 2.67. The molecule has 0 spiro atoms. The molecule has 0 radical (unpaired) electrons. The van der Waals surface area contributed by atoms with Crippen molar-refractivity contribution in [1.82, 2.24) is 15.5 Å². The monoisotopic (exact) mass is 331 g/mol. The fourth-order valence-electron chi connectivity index (χ4n) is 3.18. The van der Waals surface area contributed by atoms with E-state index in [2.05, 4.69) is 15.5 Å². The Kier molecular flexibility index (Phi) is 4.94. The van der Waals surface area contributed by atoms with Crippen LogP contribution >= 0.6 is 0 Å². The highest BCUT2D eigenvalue weighted by Gasteiger charge is 2.23. The average Bonchev–Trinajstić information content (AvgIpc) is 2.99. The fourth-order valence-corrected chi connectivity index (χ4v) is 3.18. The zero-order valence-corrected chi connectivity index (χ0v) is 13.7. The average molecular weight is 331 g/mol. The highest BCUT2D eigenvalue weighted by Crippen LogP contribution is 2.23. The molecular weight excluding hydrogens is 309 g/mol. The van der Waals surface area contributed by atoms with Crippen LogP contribution in [0.15, 0.2) is 24.3 Å². The lowest BCUT2D eigenvalue weighted by molar-refractivity contribution is 0.0911. The van der Waals surface area contributed by atoms with Crippen LogP contribution in [0.2, 0.25) is 0 Å². The minimum atomic E-state index is -0.756. The molecule has 0 fully saturated rings. The van der Waals surface area contributed by atoms with Gasteiger partial charge in [-0.15, -0.1) is 0 Å². The third-order valence-corrected chi connectivity index (χ3v) is 4.48. The van der Waals surface area contributed by atoms with Gasteiger partial charge in [0, 0.05) is 17.3 Å². The first kappa shape index (κ1) is 16.6. The van der Waals surface area contributed by atoms with E-state index in [0.717, 1.165) is 36.9 Å². The summed E-state index contributed by atoms with van der Waals surface area (Å²) in [6.07, 6.45) is 3.61. The number of nitrogens with one attached hydrogen (secondary N) is 2. The molecule has 1 aliphatic carbocycles. The topological polar surface area (TPSA) is 78.0 Å². The third kappa shape index (κ3) is 3.64. The molecule has 0 aliphatic heterocycles. The largest absolute Gasteiger partial charge is 0.388 e. The zero-order valence-electron chi connectivity index (χ0n) is 13.7. The van der Waals surface area contributed by atoms with Crippen LogP contribution in [-0.2, 0) is 12.8 Å². The first-order valence-corrected chi connectivity index (χ1v) is 8.35. The van der Waals surface area contributed by atoms with Crippen molar-refractivity contribution in [3.05, 3.63) is 52.6 Å². The lowest BCUT2D eigenvalue weighted by Gasteiger charge is -2.18. The summed E-state index contributed by atoms with van der Waals surface area (Å²) in [6.45, 7) is 1.84. The summed E-state index contributed by atoms with van der Waals surface area (Å²) in [7, 11) is 0. The van der Waals surface area contributed by atoms with E-state index < -0.39 is 6.10 Å². The highest BCUT2D eigenvalue weighted by molar-refractivity contribution is 5.94. The van der Waals surface area contributed by atoms with Gasteiger partial charge in [0.05, 0.1) is 6.10 Å². The second-order valence-electron chi connectivity index (χ2n) is 6.41. The van der Waals surface area contributed by atoms with Gasteiger partial charge >= 0.3 is 0 Å². The van der Waals surface area contributed by atoms with Gasteiger partial charge in [0.25, 0.3) is 5.91 Å². The van der Waals surface area contributed by atoms with Crippen molar-refractivity contribution in [2.75, 3.05) is 0 Å². The Labute approximate surface area is 140 Å². The standard InChI is InChI=1S/C18H22FN3O2/c1-11(10-16(23)12-6-8-13(19)9-7-12)20-18(24)17-14-4-2-3-5-15(14)21-22-17/h6-9,11,16,23H,2-5,10H2,1H3,(H,20,24)(H,21,22). The fraction of sp³-hybridized carbons (Fsp3) is 0.444. The number of halogens is 1. The Morgan fingerprint density at radius 2 is 2.04 bits per heavy atom. The number of amides is 1. The van der Waals surface area contributed by atoms with Gasteiger partial charge in [-0.05, 0) is 56.7 Å². The van der Waals surface area contributed by atoms with Crippen LogP contribution < -0.4 is 5.32 Å². The van der Waals surface area contributed by atoms with Gasteiger partial charge < -0.3 is 10.4 Å². The number of aromatic amines is 1. The maximum Gasteiger partial charge on any atom is 0.272 e. The van der Waals surface area contributed by atoms with Crippen LogP contribution in [0.3, 0.4) is 0 Å². The van der Waals surface area contributed by atoms with Gasteiger partial charge in [0.15, 0.2) is 5.69 Å². The number of aliphatic hydroxyl groups is 1. The van der Waals surface area contributed by atoms with Crippen molar-refractivity contribution >= 4 is 5.91 Å². The van der Waals surface area contributed by atoms with Gasteiger partial charge in [0.2, 0.25) is 0 Å². The number of aryl methyl sites for hydroxylation is 1. The number of carbonyl (C=O) groups is 1. The lowest BCUT2D eigenvalue weighted by Crippen LogP contribution is -2.34. The predicted molar refractivity (Wildman–Crippen MR) is 88.1 cm³/mol. The smallest absolute Gasteiger partial charge is 0.272 e. The van der Waals surface area contributed by atoms with Gasteiger partial charge in [-0.1, -0.05) is 12.1 Å². The third-order valence-electron chi connectivity index (χ3n) is 4.48.